The number of nitrogens with zero attached hydrogens (tertiary/aromatic N) is 2. The van der Waals surface area contributed by atoms with E-state index in [0.717, 1.165) is 15.9 Å². The molecule has 0 saturated carbocycles. The fourth-order valence-electron chi connectivity index (χ4n) is 1.70. The Morgan fingerprint density at radius 1 is 1.32 bits per heavy atom. The van der Waals surface area contributed by atoms with Gasteiger partial charge in [-0.15, -0.1) is 0 Å². The lowest BCUT2D eigenvalue weighted by atomic mass is 10.3. The van der Waals surface area contributed by atoms with E-state index in [2.05, 4.69) is 20.4 Å². The van der Waals surface area contributed by atoms with Gasteiger partial charge in [0.1, 0.15) is 5.03 Å². The molecule has 0 atom stereocenters. The van der Waals surface area contributed by atoms with Crippen molar-refractivity contribution < 1.29 is 0 Å². The molecule has 0 spiro atoms. The van der Waals surface area contributed by atoms with Crippen molar-refractivity contribution in [3.63, 3.8) is 0 Å². The monoisotopic (exact) mass is 291 g/mol. The molecule has 0 amide bonds. The van der Waals surface area contributed by atoms with Crippen molar-refractivity contribution in [2.75, 3.05) is 5.43 Å². The first-order valence-electron chi connectivity index (χ1n) is 5.51. The van der Waals surface area contributed by atoms with E-state index in [4.69, 9.17) is 17.4 Å². The number of nitrogens with one attached hydrogen (secondary N) is 2. The largest absolute Gasteiger partial charge is 0.349 e. The SMILES string of the molecule is NNc1ncc(Cl)c(Sc2cc3ccccc3[nH]2)n1. The smallest absolute Gasteiger partial charge is 0.238 e. The van der Waals surface area contributed by atoms with Crippen LogP contribution in [0.25, 0.3) is 10.9 Å². The zero-order valence-corrected chi connectivity index (χ0v) is 11.3. The third-order valence-electron chi connectivity index (χ3n) is 2.55. The number of rotatable bonds is 3. The van der Waals surface area contributed by atoms with Crippen LogP contribution in [0, 0.1) is 0 Å². The van der Waals surface area contributed by atoms with Gasteiger partial charge in [-0.2, -0.15) is 0 Å². The molecule has 19 heavy (non-hydrogen) atoms. The minimum atomic E-state index is 0.336. The summed E-state index contributed by atoms with van der Waals surface area (Å²) in [6.07, 6.45) is 1.52. The van der Waals surface area contributed by atoms with Crippen molar-refractivity contribution in [2.45, 2.75) is 10.1 Å². The number of nitrogens with two attached hydrogens (primary N) is 1. The van der Waals surface area contributed by atoms with E-state index >= 15 is 0 Å². The number of halogens is 1. The number of aromatic amines is 1. The van der Waals surface area contributed by atoms with E-state index in [9.17, 15) is 0 Å². The number of hydrogen-bond donors (Lipinski definition) is 3. The van der Waals surface area contributed by atoms with Crippen LogP contribution in [-0.2, 0) is 0 Å². The van der Waals surface area contributed by atoms with Crippen molar-refractivity contribution in [3.8, 4) is 0 Å². The summed E-state index contributed by atoms with van der Waals surface area (Å²) >= 11 is 7.51. The van der Waals surface area contributed by atoms with Gasteiger partial charge in [-0.25, -0.2) is 15.8 Å². The summed E-state index contributed by atoms with van der Waals surface area (Å²) in [6.45, 7) is 0. The summed E-state index contributed by atoms with van der Waals surface area (Å²) in [7, 11) is 0. The Bertz CT molecular complexity index is 694. The average Bonchev–Trinajstić information content (AvgIpc) is 2.83. The van der Waals surface area contributed by atoms with Crippen LogP contribution in [0.2, 0.25) is 5.02 Å². The van der Waals surface area contributed by atoms with Crippen molar-refractivity contribution in [2.24, 2.45) is 5.84 Å². The number of fused-ring (bicyclic) bond motifs is 1. The third-order valence-corrected chi connectivity index (χ3v) is 3.89. The summed E-state index contributed by atoms with van der Waals surface area (Å²) in [5.74, 6) is 5.62. The molecular weight excluding hydrogens is 282 g/mol. The molecule has 0 bridgehead atoms. The van der Waals surface area contributed by atoms with Gasteiger partial charge in [0.2, 0.25) is 5.95 Å². The predicted octanol–water partition coefficient (Wildman–Crippen LogP) is 3.05. The van der Waals surface area contributed by atoms with E-state index in [0.29, 0.717) is 16.0 Å². The highest BCUT2D eigenvalue weighted by molar-refractivity contribution is 7.99. The predicted molar refractivity (Wildman–Crippen MR) is 77.3 cm³/mol. The van der Waals surface area contributed by atoms with Gasteiger partial charge in [-0.3, -0.25) is 5.43 Å². The zero-order chi connectivity index (χ0) is 13.2. The number of H-pyrrole nitrogens is 1. The van der Waals surface area contributed by atoms with Crippen LogP contribution in [0.3, 0.4) is 0 Å². The van der Waals surface area contributed by atoms with Crippen LogP contribution in [-0.4, -0.2) is 15.0 Å². The summed E-state index contributed by atoms with van der Waals surface area (Å²) in [4.78, 5) is 11.5. The number of benzene rings is 1. The fraction of sp³-hybridized carbons (Fsp3) is 0. The number of nitrogen functional groups attached to an aromatic ring is 1. The molecule has 2 heterocycles. The first-order valence-corrected chi connectivity index (χ1v) is 6.70. The number of anilines is 1. The Hall–Kier alpha value is -1.76. The molecule has 3 aromatic rings. The summed E-state index contributed by atoms with van der Waals surface area (Å²) in [5, 5.41) is 3.25. The maximum atomic E-state index is 6.07. The maximum absolute atomic E-state index is 6.07. The summed E-state index contributed by atoms with van der Waals surface area (Å²) < 4.78 is 0. The molecule has 5 nitrogen and oxygen atoms in total. The van der Waals surface area contributed by atoms with Crippen molar-refractivity contribution in [1.82, 2.24) is 15.0 Å². The standard InChI is InChI=1S/C12H10ClN5S/c13-8-6-15-12(18-14)17-11(8)19-10-5-7-3-1-2-4-9(7)16-10/h1-6,16H,14H2,(H,15,17,18). The van der Waals surface area contributed by atoms with Crippen molar-refractivity contribution in [3.05, 3.63) is 41.6 Å². The van der Waals surface area contributed by atoms with Crippen LogP contribution in [0.15, 0.2) is 46.6 Å². The van der Waals surface area contributed by atoms with Crippen LogP contribution in [0.5, 0.6) is 0 Å². The van der Waals surface area contributed by atoms with E-state index in [1.54, 1.807) is 0 Å². The molecule has 3 rings (SSSR count). The lowest BCUT2D eigenvalue weighted by Crippen LogP contribution is -2.10. The highest BCUT2D eigenvalue weighted by Gasteiger charge is 2.09. The van der Waals surface area contributed by atoms with E-state index < -0.39 is 0 Å². The molecule has 4 N–H and O–H groups in total. The molecular formula is C12H10ClN5S. The highest BCUT2D eigenvalue weighted by atomic mass is 35.5. The quantitative estimate of drug-likeness (QED) is 0.393. The summed E-state index contributed by atoms with van der Waals surface area (Å²) in [5.41, 5.74) is 3.48. The molecule has 0 radical (unpaired) electrons. The fourth-order valence-corrected chi connectivity index (χ4v) is 2.74. The third kappa shape index (κ3) is 2.51. The summed E-state index contributed by atoms with van der Waals surface area (Å²) in [6, 6.07) is 10.1. The van der Waals surface area contributed by atoms with Gasteiger partial charge in [0, 0.05) is 10.9 Å². The van der Waals surface area contributed by atoms with Gasteiger partial charge in [0.15, 0.2) is 0 Å². The topological polar surface area (TPSA) is 79.6 Å². The molecule has 0 aliphatic rings. The molecule has 96 valence electrons. The Morgan fingerprint density at radius 2 is 2.16 bits per heavy atom. The Labute approximate surface area is 118 Å². The maximum Gasteiger partial charge on any atom is 0.238 e. The van der Waals surface area contributed by atoms with E-state index in [-0.39, 0.29) is 0 Å². The minimum absolute atomic E-state index is 0.336. The molecule has 0 unspecified atom stereocenters. The van der Waals surface area contributed by atoms with Gasteiger partial charge < -0.3 is 4.98 Å². The number of hydrazine groups is 1. The van der Waals surface area contributed by atoms with Crippen LogP contribution >= 0.6 is 23.4 Å². The van der Waals surface area contributed by atoms with E-state index in [1.165, 1.54) is 18.0 Å². The highest BCUT2D eigenvalue weighted by Crippen LogP contribution is 2.32. The molecule has 0 aliphatic carbocycles. The lowest BCUT2D eigenvalue weighted by Gasteiger charge is -2.03. The van der Waals surface area contributed by atoms with Gasteiger partial charge >= 0.3 is 0 Å². The molecule has 0 aliphatic heterocycles. The van der Waals surface area contributed by atoms with Crippen molar-refractivity contribution in [1.29, 1.82) is 0 Å². The first kappa shape index (κ1) is 12.3. The van der Waals surface area contributed by atoms with Gasteiger partial charge in [0.05, 0.1) is 16.2 Å². The van der Waals surface area contributed by atoms with Crippen molar-refractivity contribution >= 4 is 40.2 Å². The molecule has 0 saturated heterocycles. The number of hydrogen-bond acceptors (Lipinski definition) is 5. The van der Waals surface area contributed by atoms with Crippen LogP contribution in [0.4, 0.5) is 5.95 Å². The molecule has 7 heteroatoms. The van der Waals surface area contributed by atoms with E-state index in [1.807, 2.05) is 30.3 Å². The average molecular weight is 292 g/mol. The molecule has 2 aromatic heterocycles. The Kier molecular flexibility index (Phi) is 3.29. The Morgan fingerprint density at radius 3 is 2.95 bits per heavy atom. The second-order valence-electron chi connectivity index (χ2n) is 3.81. The van der Waals surface area contributed by atoms with Gasteiger partial charge in [-0.05, 0) is 12.1 Å². The zero-order valence-electron chi connectivity index (χ0n) is 9.72. The van der Waals surface area contributed by atoms with Crippen LogP contribution in [0.1, 0.15) is 0 Å². The normalized spacial score (nSPS) is 10.8. The van der Waals surface area contributed by atoms with Crippen LogP contribution < -0.4 is 11.3 Å². The number of aromatic nitrogens is 3. The van der Waals surface area contributed by atoms with Gasteiger partial charge in [0.25, 0.3) is 0 Å². The van der Waals surface area contributed by atoms with Gasteiger partial charge in [-0.1, -0.05) is 41.6 Å². The second kappa shape index (κ2) is 5.08. The second-order valence-corrected chi connectivity index (χ2v) is 5.25. The Balaban J connectivity index is 1.96. The number of para-hydroxylation sites is 1. The minimum Gasteiger partial charge on any atom is -0.349 e. The lowest BCUT2D eigenvalue weighted by molar-refractivity contribution is 1.02. The molecule has 1 aromatic carbocycles. The first-order chi connectivity index (χ1) is 9.26. The molecule has 0 fully saturated rings.